The van der Waals surface area contributed by atoms with Gasteiger partial charge in [-0.15, -0.1) is 6.42 Å². The predicted molar refractivity (Wildman–Crippen MR) is 121 cm³/mol. The number of hydrogen-bond acceptors (Lipinski definition) is 4. The fourth-order valence-electron chi connectivity index (χ4n) is 8.48. The number of carbonyl (C=O) groups is 2. The van der Waals surface area contributed by atoms with E-state index in [1.165, 1.54) is 38.5 Å². The number of ketones is 1. The second-order valence-corrected chi connectivity index (χ2v) is 11.5. The molecule has 0 aliphatic heterocycles. The van der Waals surface area contributed by atoms with Gasteiger partial charge in [-0.3, -0.25) is 15.9 Å². The largest absolute Gasteiger partial charge is 0.542 e. The SMILES string of the molecule is CC1CCC2(C)C(CCC3C2CCC2(C)C(C(=O)COC(=O)CC[C-]=O)CCC32)C1.[Na].[U]. The van der Waals surface area contributed by atoms with Gasteiger partial charge in [-0.05, 0) is 91.8 Å². The van der Waals surface area contributed by atoms with Crippen molar-refractivity contribution in [1.29, 1.82) is 0 Å². The van der Waals surface area contributed by atoms with E-state index in [4.69, 9.17) is 4.74 Å². The van der Waals surface area contributed by atoms with Gasteiger partial charge in [-0.1, -0.05) is 27.2 Å². The normalized spacial score (nSPS) is 42.2. The van der Waals surface area contributed by atoms with E-state index in [0.29, 0.717) is 11.3 Å². The van der Waals surface area contributed by atoms with Crippen molar-refractivity contribution in [2.24, 2.45) is 46.3 Å². The first-order valence-electron chi connectivity index (χ1n) is 12.3. The maximum absolute atomic E-state index is 13.0. The van der Waals surface area contributed by atoms with Crippen LogP contribution in [0.25, 0.3) is 0 Å². The second-order valence-electron chi connectivity index (χ2n) is 11.5. The Morgan fingerprint density at radius 3 is 2.38 bits per heavy atom. The van der Waals surface area contributed by atoms with E-state index >= 15 is 0 Å². The second kappa shape index (κ2) is 11.7. The first-order valence-corrected chi connectivity index (χ1v) is 12.3. The van der Waals surface area contributed by atoms with Gasteiger partial charge >= 0.3 is 5.97 Å². The number of carbonyl (C=O) groups excluding carboxylic acids is 3. The van der Waals surface area contributed by atoms with Crippen molar-refractivity contribution in [3.63, 3.8) is 0 Å². The van der Waals surface area contributed by atoms with Gasteiger partial charge in [0.05, 0.1) is 0 Å². The Bertz CT molecular complexity index is 699. The fourth-order valence-corrected chi connectivity index (χ4v) is 8.48. The topological polar surface area (TPSA) is 60.4 Å². The van der Waals surface area contributed by atoms with E-state index in [2.05, 4.69) is 20.8 Å². The minimum absolute atomic E-state index is 0. The van der Waals surface area contributed by atoms with E-state index in [1.54, 1.807) is 6.29 Å². The van der Waals surface area contributed by atoms with Crippen LogP contribution < -0.4 is 0 Å². The predicted octanol–water partition coefficient (Wildman–Crippen LogP) is 4.90. The quantitative estimate of drug-likeness (QED) is 0.228. The van der Waals surface area contributed by atoms with Crippen molar-refractivity contribution in [1.82, 2.24) is 0 Å². The molecular formula is C26H39NaO4U-. The van der Waals surface area contributed by atoms with Crippen LogP contribution in [0.2, 0.25) is 0 Å². The van der Waals surface area contributed by atoms with Crippen molar-refractivity contribution in [2.75, 3.05) is 6.61 Å². The summed E-state index contributed by atoms with van der Waals surface area (Å²) in [5.41, 5.74) is 0.566. The Morgan fingerprint density at radius 2 is 1.66 bits per heavy atom. The smallest absolute Gasteiger partial charge is 0.303 e. The number of Topliss-reactive ketones (excluding diaryl/α,β-unsaturated/α-hetero) is 1. The molecule has 0 aromatic heterocycles. The van der Waals surface area contributed by atoms with Crippen LogP contribution in [0.15, 0.2) is 0 Å². The minimum Gasteiger partial charge on any atom is -0.542 e. The number of esters is 1. The molecule has 0 heterocycles. The number of rotatable bonds is 6. The van der Waals surface area contributed by atoms with Gasteiger partial charge in [0.2, 0.25) is 0 Å². The van der Waals surface area contributed by atoms with Crippen LogP contribution in [0.4, 0.5) is 0 Å². The third kappa shape index (κ3) is 5.33. The number of hydrogen-bond donors (Lipinski definition) is 0. The average Bonchev–Trinajstić information content (AvgIpc) is 3.08. The van der Waals surface area contributed by atoms with Gasteiger partial charge in [-0.2, -0.15) is 0 Å². The standard InChI is InChI=1S/C26H39O4.Na.U/c1-17-10-12-25(2)18(15-17)6-7-19-20-8-9-22(26(20,3)13-11-21(19)25)23(28)16-30-24(29)5-4-14-27;;/h17-22H,4-13,15-16H2,1-3H3;;/q-1;;. The summed E-state index contributed by atoms with van der Waals surface area (Å²) in [6.45, 7) is 7.25. The summed E-state index contributed by atoms with van der Waals surface area (Å²) in [5, 5.41) is 0. The molecule has 4 saturated carbocycles. The molecule has 6 heteroatoms. The molecular weight excluding hydrogens is 637 g/mol. The van der Waals surface area contributed by atoms with Gasteiger partial charge in [0.1, 0.15) is 6.61 Å². The molecule has 0 amide bonds. The Balaban J connectivity index is 0.00000181. The summed E-state index contributed by atoms with van der Waals surface area (Å²) >= 11 is 0. The molecule has 4 nitrogen and oxygen atoms in total. The third-order valence-corrected chi connectivity index (χ3v) is 10.1. The first kappa shape index (κ1) is 29.1. The molecule has 4 rings (SSSR count). The van der Waals surface area contributed by atoms with Crippen LogP contribution in [-0.2, 0) is 19.1 Å². The van der Waals surface area contributed by atoms with E-state index in [0.717, 1.165) is 42.9 Å². The Kier molecular flexibility index (Phi) is 10.7. The van der Waals surface area contributed by atoms with Crippen molar-refractivity contribution in [3.05, 3.63) is 0 Å². The molecule has 4 fully saturated rings. The Hall–Kier alpha value is 0.862. The molecule has 8 atom stereocenters. The minimum atomic E-state index is -0.465. The molecule has 0 N–H and O–H groups in total. The van der Waals surface area contributed by atoms with Crippen molar-refractivity contribution >= 4 is 47.6 Å². The molecule has 0 aromatic carbocycles. The zero-order valence-electron chi connectivity index (χ0n) is 20.6. The van der Waals surface area contributed by atoms with Crippen LogP contribution in [0.5, 0.6) is 0 Å². The molecule has 0 spiro atoms. The average molecular weight is 677 g/mol. The maximum atomic E-state index is 13.0. The zero-order chi connectivity index (χ0) is 21.5. The third-order valence-electron chi connectivity index (χ3n) is 10.1. The van der Waals surface area contributed by atoms with Crippen LogP contribution in [0, 0.1) is 77.5 Å². The van der Waals surface area contributed by atoms with Crippen molar-refractivity contribution in [2.45, 2.75) is 91.4 Å². The van der Waals surface area contributed by atoms with Crippen molar-refractivity contribution < 1.29 is 50.2 Å². The molecule has 8 unspecified atom stereocenters. The molecule has 32 heavy (non-hydrogen) atoms. The molecule has 4 aliphatic rings. The summed E-state index contributed by atoms with van der Waals surface area (Å²) in [6.07, 6.45) is 13.2. The molecule has 1 radical (unpaired) electrons. The summed E-state index contributed by atoms with van der Waals surface area (Å²) in [4.78, 5) is 35.0. The Labute approximate surface area is 240 Å². The first-order chi connectivity index (χ1) is 14.3. The van der Waals surface area contributed by atoms with Gasteiger partial charge in [0.15, 0.2) is 5.78 Å². The molecule has 4 aliphatic carbocycles. The monoisotopic (exact) mass is 676 g/mol. The van der Waals surface area contributed by atoms with Gasteiger partial charge in [0.25, 0.3) is 0 Å². The molecule has 173 valence electrons. The van der Waals surface area contributed by atoms with E-state index in [-0.39, 0.29) is 97.2 Å². The summed E-state index contributed by atoms with van der Waals surface area (Å²) in [6, 6.07) is 0. The van der Waals surface area contributed by atoms with Crippen molar-refractivity contribution in [3.8, 4) is 0 Å². The van der Waals surface area contributed by atoms with E-state index in [1.807, 2.05) is 0 Å². The van der Waals surface area contributed by atoms with Gasteiger partial charge < -0.3 is 9.53 Å². The molecule has 0 bridgehead atoms. The zero-order valence-corrected chi connectivity index (χ0v) is 26.7. The Morgan fingerprint density at radius 1 is 0.969 bits per heavy atom. The molecule has 0 aromatic rings. The van der Waals surface area contributed by atoms with Crippen LogP contribution >= 0.6 is 0 Å². The number of ether oxygens (including phenoxy) is 1. The maximum Gasteiger partial charge on any atom is 0.303 e. The van der Waals surface area contributed by atoms with Crippen LogP contribution in [0.3, 0.4) is 0 Å². The fraction of sp³-hybridized carbons (Fsp3) is 0.885. The summed E-state index contributed by atoms with van der Waals surface area (Å²) in [5.74, 6) is 3.66. The van der Waals surface area contributed by atoms with Gasteiger partial charge in [0, 0.05) is 73.0 Å². The van der Waals surface area contributed by atoms with E-state index < -0.39 is 5.97 Å². The van der Waals surface area contributed by atoms with Crippen LogP contribution in [0.1, 0.15) is 91.4 Å². The summed E-state index contributed by atoms with van der Waals surface area (Å²) in [7, 11) is 0. The van der Waals surface area contributed by atoms with Gasteiger partial charge in [-0.25, -0.2) is 0 Å². The van der Waals surface area contributed by atoms with E-state index in [9.17, 15) is 14.4 Å². The van der Waals surface area contributed by atoms with Crippen LogP contribution in [-0.4, -0.2) is 54.2 Å². The number of fused-ring (bicyclic) bond motifs is 5. The molecule has 0 saturated heterocycles. The summed E-state index contributed by atoms with van der Waals surface area (Å²) < 4.78 is 5.18.